The number of fused-ring (bicyclic) bond motifs is 3. The van der Waals surface area contributed by atoms with Gasteiger partial charge in [0.2, 0.25) is 0 Å². The molecule has 0 N–H and O–H groups in total. The van der Waals surface area contributed by atoms with Crippen molar-refractivity contribution in [3.8, 4) is 11.1 Å². The van der Waals surface area contributed by atoms with Crippen molar-refractivity contribution >= 4 is 11.1 Å². The Kier molecular flexibility index (Phi) is 2.78. The standard InChI is InChI=1S/C23H18/c1-2-7-16(6-1)18-12-13-22-20(14-18)15-19-10-5-11-21(23(19)22)17-8-3-4-9-17/h1-6,8,10-14H,7,9,15H2. The Labute approximate surface area is 137 Å². The molecule has 110 valence electrons. The van der Waals surface area contributed by atoms with Crippen molar-refractivity contribution in [2.45, 2.75) is 19.3 Å². The predicted octanol–water partition coefficient (Wildman–Crippen LogP) is 5.94. The minimum atomic E-state index is 1.06. The first-order valence-electron chi connectivity index (χ1n) is 8.37. The lowest BCUT2D eigenvalue weighted by molar-refractivity contribution is 1.25. The first kappa shape index (κ1) is 12.9. The van der Waals surface area contributed by atoms with Crippen molar-refractivity contribution in [3.63, 3.8) is 0 Å². The van der Waals surface area contributed by atoms with Gasteiger partial charge < -0.3 is 0 Å². The van der Waals surface area contributed by atoms with E-state index in [1.165, 1.54) is 44.5 Å². The van der Waals surface area contributed by atoms with E-state index in [9.17, 15) is 0 Å². The smallest absolute Gasteiger partial charge is 0.00130 e. The molecule has 5 rings (SSSR count). The third-order valence-electron chi connectivity index (χ3n) is 5.17. The fraction of sp³-hybridized carbons (Fsp3) is 0.130. The number of allylic oxidation sites excluding steroid dienone is 8. The molecule has 0 nitrogen and oxygen atoms in total. The van der Waals surface area contributed by atoms with E-state index in [4.69, 9.17) is 0 Å². The lowest BCUT2D eigenvalue weighted by atomic mass is 9.93. The molecule has 0 amide bonds. The highest BCUT2D eigenvalue weighted by molar-refractivity contribution is 5.90. The second-order valence-electron chi connectivity index (χ2n) is 6.54. The Morgan fingerprint density at radius 1 is 0.696 bits per heavy atom. The maximum atomic E-state index is 2.40. The Hall–Kier alpha value is -2.60. The molecule has 2 aromatic rings. The maximum absolute atomic E-state index is 2.40. The van der Waals surface area contributed by atoms with Gasteiger partial charge in [-0.2, -0.15) is 0 Å². The van der Waals surface area contributed by atoms with Crippen LogP contribution in [0.25, 0.3) is 22.3 Å². The minimum Gasteiger partial charge on any atom is -0.0801 e. The van der Waals surface area contributed by atoms with Crippen molar-refractivity contribution in [1.29, 1.82) is 0 Å². The fourth-order valence-electron chi connectivity index (χ4n) is 4.03. The van der Waals surface area contributed by atoms with Crippen LogP contribution in [0, 0.1) is 0 Å². The Bertz CT molecular complexity index is 933. The Balaban J connectivity index is 1.63. The van der Waals surface area contributed by atoms with Gasteiger partial charge in [-0.3, -0.25) is 0 Å². The second kappa shape index (κ2) is 4.96. The van der Waals surface area contributed by atoms with Crippen LogP contribution in [0.15, 0.2) is 72.9 Å². The van der Waals surface area contributed by atoms with Crippen molar-refractivity contribution in [3.05, 3.63) is 95.1 Å². The molecule has 0 fully saturated rings. The first-order valence-corrected chi connectivity index (χ1v) is 8.37. The fourth-order valence-corrected chi connectivity index (χ4v) is 4.03. The molecular weight excluding hydrogens is 276 g/mol. The highest BCUT2D eigenvalue weighted by atomic mass is 14.3. The SMILES string of the molecule is C1=CCC(c2ccc3c(c2)Cc2cccc(C4=CC=CC4)c2-3)=C1. The summed E-state index contributed by atoms with van der Waals surface area (Å²) in [5.41, 5.74) is 11.5. The molecule has 0 radical (unpaired) electrons. The molecule has 0 unspecified atom stereocenters. The van der Waals surface area contributed by atoms with E-state index in [1.54, 1.807) is 0 Å². The monoisotopic (exact) mass is 294 g/mol. The number of rotatable bonds is 2. The summed E-state index contributed by atoms with van der Waals surface area (Å²) in [7, 11) is 0. The first-order chi connectivity index (χ1) is 11.4. The van der Waals surface area contributed by atoms with Gasteiger partial charge >= 0.3 is 0 Å². The molecule has 0 saturated carbocycles. The van der Waals surface area contributed by atoms with Gasteiger partial charge in [0.1, 0.15) is 0 Å². The molecule has 0 heteroatoms. The second-order valence-corrected chi connectivity index (χ2v) is 6.54. The molecule has 0 atom stereocenters. The van der Waals surface area contributed by atoms with Gasteiger partial charge in [-0.15, -0.1) is 0 Å². The number of hydrogen-bond donors (Lipinski definition) is 0. The minimum absolute atomic E-state index is 1.06. The molecule has 23 heavy (non-hydrogen) atoms. The molecule has 3 aliphatic carbocycles. The molecule has 0 saturated heterocycles. The van der Waals surface area contributed by atoms with Crippen LogP contribution >= 0.6 is 0 Å². The van der Waals surface area contributed by atoms with Crippen LogP contribution in [0.4, 0.5) is 0 Å². The van der Waals surface area contributed by atoms with Crippen molar-refractivity contribution in [1.82, 2.24) is 0 Å². The average molecular weight is 294 g/mol. The lowest BCUT2D eigenvalue weighted by Crippen LogP contribution is -1.89. The summed E-state index contributed by atoms with van der Waals surface area (Å²) in [6.07, 6.45) is 16.5. The van der Waals surface area contributed by atoms with Crippen LogP contribution in [-0.4, -0.2) is 0 Å². The van der Waals surface area contributed by atoms with Crippen molar-refractivity contribution in [2.24, 2.45) is 0 Å². The van der Waals surface area contributed by atoms with Crippen LogP contribution in [0.2, 0.25) is 0 Å². The summed E-state index contributed by atoms with van der Waals surface area (Å²) in [4.78, 5) is 0. The summed E-state index contributed by atoms with van der Waals surface area (Å²) in [6, 6.07) is 13.8. The predicted molar refractivity (Wildman–Crippen MR) is 98.2 cm³/mol. The highest BCUT2D eigenvalue weighted by Gasteiger charge is 2.23. The van der Waals surface area contributed by atoms with Crippen LogP contribution < -0.4 is 0 Å². The third-order valence-corrected chi connectivity index (χ3v) is 5.17. The summed E-state index contributed by atoms with van der Waals surface area (Å²) in [5.74, 6) is 0. The summed E-state index contributed by atoms with van der Waals surface area (Å²) >= 11 is 0. The molecule has 0 heterocycles. The Morgan fingerprint density at radius 2 is 1.52 bits per heavy atom. The van der Waals surface area contributed by atoms with Gasteiger partial charge in [-0.25, -0.2) is 0 Å². The van der Waals surface area contributed by atoms with Crippen molar-refractivity contribution < 1.29 is 0 Å². The van der Waals surface area contributed by atoms with E-state index in [-0.39, 0.29) is 0 Å². The van der Waals surface area contributed by atoms with Crippen LogP contribution in [0.5, 0.6) is 0 Å². The van der Waals surface area contributed by atoms with E-state index in [0.717, 1.165) is 19.3 Å². The number of benzene rings is 2. The maximum Gasteiger partial charge on any atom is -0.00130 e. The highest BCUT2D eigenvalue weighted by Crippen LogP contribution is 2.43. The van der Waals surface area contributed by atoms with E-state index >= 15 is 0 Å². The van der Waals surface area contributed by atoms with Gasteiger partial charge in [0.15, 0.2) is 0 Å². The molecule has 0 bridgehead atoms. The third kappa shape index (κ3) is 1.98. The van der Waals surface area contributed by atoms with E-state index in [0.29, 0.717) is 0 Å². The van der Waals surface area contributed by atoms with Gasteiger partial charge in [-0.1, -0.05) is 72.9 Å². The van der Waals surface area contributed by atoms with Crippen molar-refractivity contribution in [2.75, 3.05) is 0 Å². The summed E-state index contributed by atoms with van der Waals surface area (Å²) in [5, 5.41) is 0. The summed E-state index contributed by atoms with van der Waals surface area (Å²) < 4.78 is 0. The topological polar surface area (TPSA) is 0 Å². The molecule has 0 aliphatic heterocycles. The average Bonchev–Trinajstić information content (AvgIpc) is 3.32. The molecule has 3 aliphatic rings. The zero-order valence-corrected chi connectivity index (χ0v) is 13.0. The molecular formula is C23H18. The molecule has 2 aromatic carbocycles. The van der Waals surface area contributed by atoms with Crippen LogP contribution in [0.1, 0.15) is 35.1 Å². The largest absolute Gasteiger partial charge is 0.0801 e. The van der Waals surface area contributed by atoms with Crippen LogP contribution in [-0.2, 0) is 6.42 Å². The zero-order chi connectivity index (χ0) is 15.2. The van der Waals surface area contributed by atoms with Gasteiger partial charge in [0, 0.05) is 0 Å². The van der Waals surface area contributed by atoms with E-state index < -0.39 is 0 Å². The van der Waals surface area contributed by atoms with E-state index in [2.05, 4.69) is 72.9 Å². The normalized spacial score (nSPS) is 17.2. The van der Waals surface area contributed by atoms with Gasteiger partial charge in [0.05, 0.1) is 0 Å². The molecule has 0 spiro atoms. The van der Waals surface area contributed by atoms with E-state index in [1.807, 2.05) is 0 Å². The Morgan fingerprint density at radius 3 is 2.30 bits per heavy atom. The zero-order valence-electron chi connectivity index (χ0n) is 13.0. The number of hydrogen-bond acceptors (Lipinski definition) is 0. The quantitative estimate of drug-likeness (QED) is 0.548. The lowest BCUT2D eigenvalue weighted by Gasteiger charge is -2.11. The summed E-state index contributed by atoms with van der Waals surface area (Å²) in [6.45, 7) is 0. The molecule has 0 aromatic heterocycles. The van der Waals surface area contributed by atoms with Gasteiger partial charge in [-0.05, 0) is 63.8 Å². The van der Waals surface area contributed by atoms with Crippen LogP contribution in [0.3, 0.4) is 0 Å². The van der Waals surface area contributed by atoms with Gasteiger partial charge in [0.25, 0.3) is 0 Å².